The van der Waals surface area contributed by atoms with Crippen LogP contribution in [0.1, 0.15) is 20.9 Å². The van der Waals surface area contributed by atoms with Crippen molar-refractivity contribution in [3.63, 3.8) is 0 Å². The molecule has 0 bridgehead atoms. The molecule has 0 N–H and O–H groups in total. The molecule has 3 aromatic carbocycles. The summed E-state index contributed by atoms with van der Waals surface area (Å²) in [5, 5.41) is 7.64. The molecule has 28 heavy (non-hydrogen) atoms. The van der Waals surface area contributed by atoms with Crippen LogP contribution in [0, 0.1) is 0 Å². The zero-order valence-corrected chi connectivity index (χ0v) is 16.6. The van der Waals surface area contributed by atoms with Crippen molar-refractivity contribution in [3.05, 3.63) is 64.3 Å². The van der Waals surface area contributed by atoms with Crippen LogP contribution in [0.25, 0.3) is 32.8 Å². The van der Waals surface area contributed by atoms with Gasteiger partial charge in [-0.1, -0.05) is 53.7 Å². The van der Waals surface area contributed by atoms with E-state index in [2.05, 4.69) is 21.1 Å². The van der Waals surface area contributed by atoms with Crippen molar-refractivity contribution in [2.45, 2.75) is 0 Å². The second kappa shape index (κ2) is 7.09. The molecule has 4 aromatic rings. The predicted molar refractivity (Wildman–Crippen MR) is 107 cm³/mol. The van der Waals surface area contributed by atoms with E-state index in [1.54, 1.807) is 0 Å². The van der Waals surface area contributed by atoms with E-state index in [1.807, 2.05) is 48.5 Å². The minimum Gasteiger partial charge on any atom is -0.465 e. The Kier molecular flexibility index (Phi) is 4.60. The molecule has 7 heteroatoms. The van der Waals surface area contributed by atoms with Crippen LogP contribution >= 0.6 is 15.9 Å². The molecule has 0 aliphatic carbocycles. The highest BCUT2D eigenvalue weighted by molar-refractivity contribution is 9.10. The van der Waals surface area contributed by atoms with Crippen molar-refractivity contribution >= 4 is 49.4 Å². The third-order valence-corrected chi connectivity index (χ3v) is 5.41. The highest BCUT2D eigenvalue weighted by Gasteiger charge is 2.31. The highest BCUT2D eigenvalue weighted by atomic mass is 79.9. The Morgan fingerprint density at radius 1 is 0.857 bits per heavy atom. The normalized spacial score (nSPS) is 11.0. The maximum absolute atomic E-state index is 12.5. The molecule has 140 valence electrons. The molecule has 1 aromatic heterocycles. The number of halogens is 1. The van der Waals surface area contributed by atoms with Gasteiger partial charge in [0.25, 0.3) is 5.76 Å². The first kappa shape index (κ1) is 18.2. The number of nitrogens with zero attached hydrogens (tertiary/aromatic N) is 1. The van der Waals surface area contributed by atoms with Crippen LogP contribution in [0.2, 0.25) is 0 Å². The van der Waals surface area contributed by atoms with E-state index in [0.717, 1.165) is 26.0 Å². The van der Waals surface area contributed by atoms with E-state index < -0.39 is 11.9 Å². The van der Waals surface area contributed by atoms with Gasteiger partial charge in [0.15, 0.2) is 0 Å². The summed E-state index contributed by atoms with van der Waals surface area (Å²) in [5.74, 6) is -1.82. The Morgan fingerprint density at radius 3 is 1.86 bits per heavy atom. The van der Waals surface area contributed by atoms with Gasteiger partial charge in [-0.25, -0.2) is 9.59 Å². The van der Waals surface area contributed by atoms with Crippen LogP contribution in [-0.4, -0.2) is 31.3 Å². The van der Waals surface area contributed by atoms with Gasteiger partial charge in [-0.15, -0.1) is 0 Å². The molecule has 4 rings (SSSR count). The number of aromatic nitrogens is 1. The van der Waals surface area contributed by atoms with E-state index in [0.29, 0.717) is 5.56 Å². The molecule has 0 aliphatic rings. The number of hydrogen-bond acceptors (Lipinski definition) is 6. The Bertz CT molecular complexity index is 1190. The quantitative estimate of drug-likeness (QED) is 0.330. The molecule has 0 atom stereocenters. The molecule has 0 spiro atoms. The lowest BCUT2D eigenvalue weighted by atomic mass is 9.93. The third-order valence-electron chi connectivity index (χ3n) is 4.55. The first-order chi connectivity index (χ1) is 13.6. The lowest BCUT2D eigenvalue weighted by molar-refractivity contribution is 0.0521. The maximum Gasteiger partial charge on any atom is 0.377 e. The Morgan fingerprint density at radius 2 is 1.36 bits per heavy atom. The fourth-order valence-corrected chi connectivity index (χ4v) is 4.01. The lowest BCUT2D eigenvalue weighted by Crippen LogP contribution is -2.10. The van der Waals surface area contributed by atoms with E-state index in [4.69, 9.17) is 14.0 Å². The zero-order chi connectivity index (χ0) is 19.8. The van der Waals surface area contributed by atoms with Crippen molar-refractivity contribution in [1.82, 2.24) is 5.16 Å². The minimum absolute atomic E-state index is 0.0630. The minimum atomic E-state index is -0.801. The van der Waals surface area contributed by atoms with Crippen molar-refractivity contribution in [2.24, 2.45) is 0 Å². The number of esters is 2. The Hall–Kier alpha value is -3.19. The molecular formula is C21H14BrNO5. The van der Waals surface area contributed by atoms with Crippen LogP contribution in [0.5, 0.6) is 0 Å². The summed E-state index contributed by atoms with van der Waals surface area (Å²) in [6.45, 7) is 0. The van der Waals surface area contributed by atoms with Gasteiger partial charge in [-0.3, -0.25) is 0 Å². The van der Waals surface area contributed by atoms with E-state index >= 15 is 0 Å². The lowest BCUT2D eigenvalue weighted by Gasteiger charge is -2.13. The average Bonchev–Trinajstić information content (AvgIpc) is 3.17. The Balaban J connectivity index is 2.18. The van der Waals surface area contributed by atoms with Gasteiger partial charge in [0.1, 0.15) is 11.3 Å². The largest absolute Gasteiger partial charge is 0.465 e. The van der Waals surface area contributed by atoms with Crippen molar-refractivity contribution in [1.29, 1.82) is 0 Å². The van der Waals surface area contributed by atoms with Gasteiger partial charge in [0.2, 0.25) is 0 Å². The van der Waals surface area contributed by atoms with Gasteiger partial charge in [-0.05, 0) is 37.5 Å². The van der Waals surface area contributed by atoms with Crippen LogP contribution < -0.4 is 0 Å². The van der Waals surface area contributed by atoms with Gasteiger partial charge >= 0.3 is 11.9 Å². The molecule has 0 unspecified atom stereocenters. The average molecular weight is 440 g/mol. The SMILES string of the molecule is COC(=O)c1onc(-c2c3ccccc3c(Br)c3ccccc23)c1C(=O)OC. The number of hydrogen-bond donors (Lipinski definition) is 0. The number of fused-ring (bicyclic) bond motifs is 2. The summed E-state index contributed by atoms with van der Waals surface area (Å²) in [5.41, 5.74) is 0.841. The summed E-state index contributed by atoms with van der Waals surface area (Å²) in [6.07, 6.45) is 0. The molecule has 1 heterocycles. The van der Waals surface area contributed by atoms with E-state index in [9.17, 15) is 9.59 Å². The van der Waals surface area contributed by atoms with Crippen molar-refractivity contribution in [2.75, 3.05) is 14.2 Å². The van der Waals surface area contributed by atoms with Crippen molar-refractivity contribution < 1.29 is 23.6 Å². The van der Waals surface area contributed by atoms with E-state index in [-0.39, 0.29) is 17.0 Å². The fourth-order valence-electron chi connectivity index (χ4n) is 3.31. The molecule has 0 amide bonds. The number of methoxy groups -OCH3 is 2. The summed E-state index contributed by atoms with van der Waals surface area (Å²) < 4.78 is 15.8. The molecule has 0 saturated heterocycles. The Labute approximate surface area is 168 Å². The summed E-state index contributed by atoms with van der Waals surface area (Å²) in [4.78, 5) is 24.6. The molecule has 0 fully saturated rings. The molecule has 0 saturated carbocycles. The number of benzene rings is 3. The molecular weight excluding hydrogens is 426 g/mol. The number of carbonyl (C=O) groups excluding carboxylic acids is 2. The molecule has 6 nitrogen and oxygen atoms in total. The smallest absolute Gasteiger partial charge is 0.377 e. The molecule has 0 radical (unpaired) electrons. The standard InChI is InChI=1S/C21H14BrNO5/c1-26-20(24)16-18(23-28-19(16)21(25)27-2)15-11-7-3-5-9-13(11)17(22)14-10-6-4-8-12(14)15/h3-10H,1-2H3. The topological polar surface area (TPSA) is 78.6 Å². The monoisotopic (exact) mass is 439 g/mol. The van der Waals surface area contributed by atoms with Gasteiger partial charge in [0, 0.05) is 10.0 Å². The second-order valence-electron chi connectivity index (χ2n) is 6.00. The number of ether oxygens (including phenoxy) is 2. The van der Waals surface area contributed by atoms with Crippen LogP contribution in [0.4, 0.5) is 0 Å². The van der Waals surface area contributed by atoms with Crippen LogP contribution in [0.3, 0.4) is 0 Å². The first-order valence-electron chi connectivity index (χ1n) is 8.34. The highest BCUT2D eigenvalue weighted by Crippen LogP contribution is 2.42. The fraction of sp³-hybridized carbons (Fsp3) is 0.0952. The first-order valence-corrected chi connectivity index (χ1v) is 9.13. The van der Waals surface area contributed by atoms with Gasteiger partial charge in [0.05, 0.1) is 14.2 Å². The zero-order valence-electron chi connectivity index (χ0n) is 15.0. The number of carbonyl (C=O) groups is 2. The third kappa shape index (κ3) is 2.66. The summed E-state index contributed by atoms with van der Waals surface area (Å²) in [7, 11) is 2.44. The summed E-state index contributed by atoms with van der Waals surface area (Å²) in [6, 6.07) is 15.4. The van der Waals surface area contributed by atoms with Crippen LogP contribution in [0.15, 0.2) is 57.5 Å². The molecule has 0 aliphatic heterocycles. The van der Waals surface area contributed by atoms with Gasteiger partial charge in [-0.2, -0.15) is 0 Å². The number of rotatable bonds is 3. The second-order valence-corrected chi connectivity index (χ2v) is 6.79. The van der Waals surface area contributed by atoms with E-state index in [1.165, 1.54) is 14.2 Å². The maximum atomic E-state index is 12.5. The summed E-state index contributed by atoms with van der Waals surface area (Å²) >= 11 is 3.68. The van der Waals surface area contributed by atoms with Crippen LogP contribution in [-0.2, 0) is 9.47 Å². The van der Waals surface area contributed by atoms with Crippen molar-refractivity contribution in [3.8, 4) is 11.3 Å². The predicted octanol–water partition coefficient (Wildman–Crippen LogP) is 4.98. The van der Waals surface area contributed by atoms with Gasteiger partial charge < -0.3 is 14.0 Å².